The minimum Gasteiger partial charge on any atom is -0.334 e. The molecule has 1 N–H and O–H groups in total. The van der Waals surface area contributed by atoms with Crippen molar-refractivity contribution in [1.82, 2.24) is 19.9 Å². The average Bonchev–Trinajstić information content (AvgIpc) is 2.89. The van der Waals surface area contributed by atoms with Crippen LogP contribution in [0.4, 0.5) is 5.95 Å². The minimum absolute atomic E-state index is 0.450. The highest BCUT2D eigenvalue weighted by molar-refractivity contribution is 6.30. The van der Waals surface area contributed by atoms with E-state index in [1.807, 2.05) is 12.1 Å². The van der Waals surface area contributed by atoms with Crippen molar-refractivity contribution >= 4 is 23.2 Å². The maximum Gasteiger partial charge on any atom is 0.246 e. The summed E-state index contributed by atoms with van der Waals surface area (Å²) in [5.74, 6) is 0.805. The molecule has 0 bridgehead atoms. The van der Waals surface area contributed by atoms with Gasteiger partial charge in [-0.2, -0.15) is 4.98 Å². The fourth-order valence-corrected chi connectivity index (χ4v) is 2.87. The van der Waals surface area contributed by atoms with Crippen LogP contribution in [0.25, 0.3) is 5.65 Å². The first-order chi connectivity index (χ1) is 9.71. The van der Waals surface area contributed by atoms with E-state index in [9.17, 15) is 0 Å². The number of piperazine rings is 1. The van der Waals surface area contributed by atoms with Gasteiger partial charge in [-0.25, -0.2) is 4.52 Å². The zero-order valence-corrected chi connectivity index (χ0v) is 12.6. The number of hydrogen-bond donors (Lipinski definition) is 1. The molecule has 0 saturated carbocycles. The number of aromatic nitrogens is 3. The lowest BCUT2D eigenvalue weighted by Gasteiger charge is -2.39. The van der Waals surface area contributed by atoms with Crippen molar-refractivity contribution in [3.05, 3.63) is 23.4 Å². The van der Waals surface area contributed by atoms with E-state index in [2.05, 4.69) is 34.1 Å². The molecular weight excluding hydrogens is 274 g/mol. The molecule has 20 heavy (non-hydrogen) atoms. The monoisotopic (exact) mass is 293 g/mol. The van der Waals surface area contributed by atoms with E-state index in [1.165, 1.54) is 0 Å². The topological polar surface area (TPSA) is 45.5 Å². The Hall–Kier alpha value is -1.33. The third-order valence-electron chi connectivity index (χ3n) is 4.00. The van der Waals surface area contributed by atoms with Gasteiger partial charge in [0, 0.05) is 31.4 Å². The average molecular weight is 294 g/mol. The molecule has 0 aliphatic carbocycles. The molecular formula is C14H20ClN5. The molecule has 2 aromatic rings. The van der Waals surface area contributed by atoms with Gasteiger partial charge in [0.1, 0.15) is 0 Å². The van der Waals surface area contributed by atoms with Gasteiger partial charge in [0.05, 0.1) is 5.02 Å². The molecule has 5 nitrogen and oxygen atoms in total. The van der Waals surface area contributed by atoms with E-state index in [-0.39, 0.29) is 0 Å². The number of fused-ring (bicyclic) bond motifs is 1. The predicted molar refractivity (Wildman–Crippen MR) is 81.5 cm³/mol. The Labute approximate surface area is 123 Å². The van der Waals surface area contributed by atoms with E-state index in [0.717, 1.165) is 37.5 Å². The highest BCUT2D eigenvalue weighted by Gasteiger charge is 2.28. The summed E-state index contributed by atoms with van der Waals surface area (Å²) < 4.78 is 1.76. The Kier molecular flexibility index (Phi) is 3.81. The lowest BCUT2D eigenvalue weighted by atomic mass is 10.1. The van der Waals surface area contributed by atoms with Crippen molar-refractivity contribution in [2.45, 2.75) is 38.8 Å². The van der Waals surface area contributed by atoms with Crippen LogP contribution < -0.4 is 10.2 Å². The maximum atomic E-state index is 6.00. The highest BCUT2D eigenvalue weighted by Crippen LogP contribution is 2.20. The zero-order valence-electron chi connectivity index (χ0n) is 11.9. The van der Waals surface area contributed by atoms with Crippen molar-refractivity contribution in [2.75, 3.05) is 18.0 Å². The van der Waals surface area contributed by atoms with Crippen LogP contribution in [0.15, 0.2) is 18.3 Å². The predicted octanol–water partition coefficient (Wildman–Crippen LogP) is 2.35. The smallest absolute Gasteiger partial charge is 0.246 e. The Morgan fingerprint density at radius 1 is 1.35 bits per heavy atom. The molecule has 108 valence electrons. The number of hydrogen-bond acceptors (Lipinski definition) is 4. The molecule has 1 fully saturated rings. The second-order valence-electron chi connectivity index (χ2n) is 5.29. The molecule has 1 saturated heterocycles. The molecule has 0 radical (unpaired) electrons. The van der Waals surface area contributed by atoms with Gasteiger partial charge in [-0.05, 0) is 25.0 Å². The molecule has 0 aromatic carbocycles. The molecule has 1 aliphatic rings. The maximum absolute atomic E-state index is 6.00. The molecule has 3 rings (SSSR count). The fourth-order valence-electron chi connectivity index (χ4n) is 2.71. The van der Waals surface area contributed by atoms with Gasteiger partial charge in [0.2, 0.25) is 5.95 Å². The summed E-state index contributed by atoms with van der Waals surface area (Å²) in [5.41, 5.74) is 0.839. The Balaban J connectivity index is 1.94. The number of rotatable bonds is 3. The first-order valence-electron chi connectivity index (χ1n) is 7.23. The van der Waals surface area contributed by atoms with Crippen LogP contribution in [0.2, 0.25) is 5.02 Å². The molecule has 6 heteroatoms. The first-order valence-corrected chi connectivity index (χ1v) is 7.61. The number of nitrogens with one attached hydrogen (secondary N) is 1. The summed E-state index contributed by atoms with van der Waals surface area (Å²) in [7, 11) is 0. The Morgan fingerprint density at radius 3 is 2.95 bits per heavy atom. The summed E-state index contributed by atoms with van der Waals surface area (Å²) in [4.78, 5) is 6.96. The highest BCUT2D eigenvalue weighted by atomic mass is 35.5. The second-order valence-corrected chi connectivity index (χ2v) is 5.73. The molecule has 2 atom stereocenters. The second kappa shape index (κ2) is 5.58. The normalized spacial score (nSPS) is 23.4. The van der Waals surface area contributed by atoms with Gasteiger partial charge >= 0.3 is 0 Å². The molecule has 2 aromatic heterocycles. The molecule has 0 amide bonds. The van der Waals surface area contributed by atoms with E-state index >= 15 is 0 Å². The summed E-state index contributed by atoms with van der Waals surface area (Å²) in [6, 6.07) is 4.71. The molecule has 1 aliphatic heterocycles. The van der Waals surface area contributed by atoms with Crippen molar-refractivity contribution in [3.8, 4) is 0 Å². The fraction of sp³-hybridized carbons (Fsp3) is 0.571. The summed E-state index contributed by atoms with van der Waals surface area (Å²) >= 11 is 6.00. The van der Waals surface area contributed by atoms with Crippen LogP contribution in [0.5, 0.6) is 0 Å². The van der Waals surface area contributed by atoms with Crippen LogP contribution in [0.3, 0.4) is 0 Å². The number of anilines is 1. The van der Waals surface area contributed by atoms with E-state index in [1.54, 1.807) is 10.7 Å². The minimum atomic E-state index is 0.450. The van der Waals surface area contributed by atoms with Crippen LogP contribution in [-0.2, 0) is 0 Å². The van der Waals surface area contributed by atoms with Crippen molar-refractivity contribution < 1.29 is 0 Å². The number of halogens is 1. The van der Waals surface area contributed by atoms with Gasteiger partial charge < -0.3 is 10.2 Å². The van der Waals surface area contributed by atoms with Gasteiger partial charge in [0.15, 0.2) is 5.65 Å². The Morgan fingerprint density at radius 2 is 2.20 bits per heavy atom. The third kappa shape index (κ3) is 2.47. The van der Waals surface area contributed by atoms with Crippen LogP contribution in [-0.4, -0.2) is 39.8 Å². The lowest BCUT2D eigenvalue weighted by molar-refractivity contribution is 0.374. The van der Waals surface area contributed by atoms with Crippen molar-refractivity contribution in [1.29, 1.82) is 0 Å². The van der Waals surface area contributed by atoms with Gasteiger partial charge in [-0.15, -0.1) is 5.10 Å². The van der Waals surface area contributed by atoms with Gasteiger partial charge in [0.25, 0.3) is 0 Å². The summed E-state index contributed by atoms with van der Waals surface area (Å²) in [5, 5.41) is 8.84. The van der Waals surface area contributed by atoms with Crippen LogP contribution in [0.1, 0.15) is 26.7 Å². The van der Waals surface area contributed by atoms with E-state index in [4.69, 9.17) is 11.6 Å². The third-order valence-corrected chi connectivity index (χ3v) is 4.23. The van der Waals surface area contributed by atoms with Crippen LogP contribution in [0, 0.1) is 0 Å². The quantitative estimate of drug-likeness (QED) is 0.943. The lowest BCUT2D eigenvalue weighted by Crippen LogP contribution is -2.56. The van der Waals surface area contributed by atoms with Gasteiger partial charge in [-0.1, -0.05) is 25.4 Å². The van der Waals surface area contributed by atoms with Crippen molar-refractivity contribution in [3.63, 3.8) is 0 Å². The molecule has 0 spiro atoms. The Bertz CT molecular complexity index is 596. The number of nitrogens with zero attached hydrogens (tertiary/aromatic N) is 4. The first kappa shape index (κ1) is 13.6. The standard InChI is InChI=1S/C14H20ClN5/c1-3-11-9-19(12(4-2)7-16-11)14-17-13-6-5-10(15)8-20(13)18-14/h5-6,8,11-12,16H,3-4,7,9H2,1-2H3. The van der Waals surface area contributed by atoms with E-state index < -0.39 is 0 Å². The van der Waals surface area contributed by atoms with E-state index in [0.29, 0.717) is 17.1 Å². The SMILES string of the molecule is CCC1CN(c2nc3ccc(Cl)cn3n2)C(CC)CN1. The van der Waals surface area contributed by atoms with Crippen LogP contribution >= 0.6 is 11.6 Å². The van der Waals surface area contributed by atoms with Crippen molar-refractivity contribution in [2.24, 2.45) is 0 Å². The zero-order chi connectivity index (χ0) is 14.1. The summed E-state index contributed by atoms with van der Waals surface area (Å²) in [6.45, 7) is 6.36. The molecule has 2 unspecified atom stereocenters. The largest absolute Gasteiger partial charge is 0.334 e. The molecule has 3 heterocycles. The number of pyridine rings is 1. The van der Waals surface area contributed by atoms with Gasteiger partial charge in [-0.3, -0.25) is 0 Å². The summed E-state index contributed by atoms with van der Waals surface area (Å²) in [6.07, 6.45) is 4.00.